The van der Waals surface area contributed by atoms with Gasteiger partial charge in [-0.2, -0.15) is 0 Å². The van der Waals surface area contributed by atoms with Gasteiger partial charge in [-0.1, -0.05) is 18.2 Å². The summed E-state index contributed by atoms with van der Waals surface area (Å²) in [5.74, 6) is 0.757. The van der Waals surface area contributed by atoms with Gasteiger partial charge in [0.1, 0.15) is 5.75 Å². The van der Waals surface area contributed by atoms with E-state index in [1.165, 1.54) is 6.92 Å². The largest absolute Gasteiger partial charge is 0.496 e. The summed E-state index contributed by atoms with van der Waals surface area (Å²) in [6.07, 6.45) is 0. The van der Waals surface area contributed by atoms with Gasteiger partial charge in [0.25, 0.3) is 5.91 Å². The summed E-state index contributed by atoms with van der Waals surface area (Å²) >= 11 is 0. The molecule has 1 heterocycles. The summed E-state index contributed by atoms with van der Waals surface area (Å²) in [5, 5.41) is 16.6. The van der Waals surface area contributed by atoms with E-state index in [0.29, 0.717) is 23.8 Å². The third-order valence-electron chi connectivity index (χ3n) is 4.01. The molecule has 1 aromatic heterocycles. The molecule has 0 aliphatic heterocycles. The maximum atomic E-state index is 12.3. The van der Waals surface area contributed by atoms with E-state index in [9.17, 15) is 9.59 Å². The van der Waals surface area contributed by atoms with Gasteiger partial charge < -0.3 is 20.7 Å². The minimum atomic E-state index is -0.324. The van der Waals surface area contributed by atoms with Crippen LogP contribution < -0.4 is 20.7 Å². The Balaban J connectivity index is 1.58. The molecule has 0 saturated carbocycles. The van der Waals surface area contributed by atoms with Crippen LogP contribution in [0.2, 0.25) is 0 Å². The molecule has 0 unspecified atom stereocenters. The number of ether oxygens (including phenoxy) is 1. The monoisotopic (exact) mass is 391 g/mol. The van der Waals surface area contributed by atoms with Crippen molar-refractivity contribution in [2.24, 2.45) is 0 Å². The predicted molar refractivity (Wildman–Crippen MR) is 110 cm³/mol. The number of hydrogen-bond donors (Lipinski definition) is 3. The molecule has 0 aliphatic rings. The minimum Gasteiger partial charge on any atom is -0.496 e. The lowest BCUT2D eigenvalue weighted by atomic mass is 10.2. The van der Waals surface area contributed by atoms with E-state index in [-0.39, 0.29) is 17.5 Å². The van der Waals surface area contributed by atoms with E-state index in [1.807, 2.05) is 24.3 Å². The van der Waals surface area contributed by atoms with Gasteiger partial charge in [0.05, 0.1) is 7.11 Å². The fourth-order valence-electron chi connectivity index (χ4n) is 2.62. The van der Waals surface area contributed by atoms with Crippen molar-refractivity contribution >= 4 is 29.0 Å². The highest BCUT2D eigenvalue weighted by molar-refractivity contribution is 5.92. The topological polar surface area (TPSA) is 105 Å². The Labute approximate surface area is 168 Å². The first-order valence-corrected chi connectivity index (χ1v) is 8.93. The van der Waals surface area contributed by atoms with E-state index in [0.717, 1.165) is 11.3 Å². The molecule has 29 heavy (non-hydrogen) atoms. The van der Waals surface area contributed by atoms with Gasteiger partial charge in [-0.05, 0) is 42.5 Å². The molecule has 0 bridgehead atoms. The third kappa shape index (κ3) is 5.52. The first-order chi connectivity index (χ1) is 14.0. The van der Waals surface area contributed by atoms with Gasteiger partial charge in [0, 0.05) is 30.4 Å². The average molecular weight is 391 g/mol. The number of rotatable bonds is 7. The van der Waals surface area contributed by atoms with E-state index in [4.69, 9.17) is 4.74 Å². The standard InChI is InChI=1S/C21H21N5O3/c1-14(27)23-16-7-9-17(10-8-16)24-20-12-11-18(25-26-20)21(28)22-13-15-5-3-4-6-19(15)29-2/h3-12H,13H2,1-2H3,(H,22,28)(H,23,27)(H,24,26). The van der Waals surface area contributed by atoms with Crippen LogP contribution in [-0.2, 0) is 11.3 Å². The molecule has 2 aromatic carbocycles. The van der Waals surface area contributed by atoms with E-state index < -0.39 is 0 Å². The normalized spacial score (nSPS) is 10.1. The average Bonchev–Trinajstić information content (AvgIpc) is 2.74. The first kappa shape index (κ1) is 19.8. The summed E-state index contributed by atoms with van der Waals surface area (Å²) in [6, 6.07) is 17.9. The number of aromatic nitrogens is 2. The second-order valence-electron chi connectivity index (χ2n) is 6.18. The van der Waals surface area contributed by atoms with Gasteiger partial charge in [0.15, 0.2) is 11.5 Å². The lowest BCUT2D eigenvalue weighted by Crippen LogP contribution is -2.24. The highest BCUT2D eigenvalue weighted by Crippen LogP contribution is 2.18. The highest BCUT2D eigenvalue weighted by Gasteiger charge is 2.10. The Kier molecular flexibility index (Phi) is 6.36. The number of anilines is 3. The Morgan fingerprint density at radius 2 is 1.66 bits per heavy atom. The number of nitrogens with zero attached hydrogens (tertiary/aromatic N) is 2. The molecule has 3 aromatic rings. The fourth-order valence-corrected chi connectivity index (χ4v) is 2.62. The zero-order chi connectivity index (χ0) is 20.6. The molecule has 8 nitrogen and oxygen atoms in total. The zero-order valence-corrected chi connectivity index (χ0v) is 16.1. The summed E-state index contributed by atoms with van der Waals surface area (Å²) in [6.45, 7) is 1.78. The Morgan fingerprint density at radius 1 is 0.931 bits per heavy atom. The van der Waals surface area contributed by atoms with Crippen LogP contribution in [0.3, 0.4) is 0 Å². The minimum absolute atomic E-state index is 0.129. The van der Waals surface area contributed by atoms with Crippen LogP contribution in [0.15, 0.2) is 60.7 Å². The van der Waals surface area contributed by atoms with Gasteiger partial charge in [-0.15, -0.1) is 10.2 Å². The van der Waals surface area contributed by atoms with E-state index in [2.05, 4.69) is 26.1 Å². The number of nitrogens with one attached hydrogen (secondary N) is 3. The van der Waals surface area contributed by atoms with Gasteiger partial charge in [0.2, 0.25) is 5.91 Å². The molecule has 0 spiro atoms. The summed E-state index contributed by atoms with van der Waals surface area (Å²) in [7, 11) is 1.59. The second-order valence-corrected chi connectivity index (χ2v) is 6.18. The van der Waals surface area contributed by atoms with Crippen molar-refractivity contribution in [3.05, 3.63) is 71.9 Å². The Morgan fingerprint density at radius 3 is 2.31 bits per heavy atom. The molecule has 148 valence electrons. The maximum Gasteiger partial charge on any atom is 0.272 e. The lowest BCUT2D eigenvalue weighted by Gasteiger charge is -2.09. The van der Waals surface area contributed by atoms with Crippen LogP contribution in [0.1, 0.15) is 23.0 Å². The summed E-state index contributed by atoms with van der Waals surface area (Å²) in [5.41, 5.74) is 2.57. The van der Waals surface area contributed by atoms with Gasteiger partial charge in [-0.3, -0.25) is 9.59 Å². The number of methoxy groups -OCH3 is 1. The molecule has 8 heteroatoms. The lowest BCUT2D eigenvalue weighted by molar-refractivity contribution is -0.114. The van der Waals surface area contributed by atoms with Crippen LogP contribution in [0.5, 0.6) is 5.75 Å². The zero-order valence-electron chi connectivity index (χ0n) is 16.1. The maximum absolute atomic E-state index is 12.3. The molecule has 0 atom stereocenters. The number of para-hydroxylation sites is 1. The van der Waals surface area contributed by atoms with Crippen molar-refractivity contribution in [2.75, 3.05) is 17.7 Å². The summed E-state index contributed by atoms with van der Waals surface area (Å²) < 4.78 is 5.27. The van der Waals surface area contributed by atoms with Gasteiger partial charge in [-0.25, -0.2) is 0 Å². The smallest absolute Gasteiger partial charge is 0.272 e. The molecule has 2 amide bonds. The van der Waals surface area contributed by atoms with Crippen molar-refractivity contribution in [1.82, 2.24) is 15.5 Å². The second kappa shape index (κ2) is 9.32. The van der Waals surface area contributed by atoms with Crippen molar-refractivity contribution in [3.8, 4) is 5.75 Å². The third-order valence-corrected chi connectivity index (χ3v) is 4.01. The van der Waals surface area contributed by atoms with Crippen LogP contribution in [-0.4, -0.2) is 29.1 Å². The number of carbonyl (C=O) groups is 2. The number of hydrogen-bond acceptors (Lipinski definition) is 6. The van der Waals surface area contributed by atoms with Crippen molar-refractivity contribution in [1.29, 1.82) is 0 Å². The molecule has 0 radical (unpaired) electrons. The highest BCUT2D eigenvalue weighted by atomic mass is 16.5. The Bertz CT molecular complexity index is 988. The molecule has 0 aliphatic carbocycles. The molecule has 0 fully saturated rings. The molecular weight excluding hydrogens is 370 g/mol. The van der Waals surface area contributed by atoms with Crippen LogP contribution in [0.4, 0.5) is 17.2 Å². The predicted octanol–water partition coefficient (Wildman–Crippen LogP) is 3.12. The summed E-state index contributed by atoms with van der Waals surface area (Å²) in [4.78, 5) is 23.4. The van der Waals surface area contributed by atoms with Gasteiger partial charge >= 0.3 is 0 Å². The number of carbonyl (C=O) groups excluding carboxylic acids is 2. The molecule has 0 saturated heterocycles. The van der Waals surface area contributed by atoms with E-state index in [1.54, 1.807) is 43.5 Å². The fraction of sp³-hybridized carbons (Fsp3) is 0.143. The number of amides is 2. The Hall–Kier alpha value is -3.94. The van der Waals surface area contributed by atoms with E-state index >= 15 is 0 Å². The number of benzene rings is 2. The van der Waals surface area contributed by atoms with Crippen molar-refractivity contribution < 1.29 is 14.3 Å². The van der Waals surface area contributed by atoms with Crippen LogP contribution in [0, 0.1) is 0 Å². The molecule has 3 N–H and O–H groups in total. The SMILES string of the molecule is COc1ccccc1CNC(=O)c1ccc(Nc2ccc(NC(C)=O)cc2)nn1. The van der Waals surface area contributed by atoms with Crippen molar-refractivity contribution in [2.45, 2.75) is 13.5 Å². The quantitative estimate of drug-likeness (QED) is 0.572. The molecular formula is C21H21N5O3. The van der Waals surface area contributed by atoms with Crippen LogP contribution >= 0.6 is 0 Å². The molecule has 3 rings (SSSR count). The van der Waals surface area contributed by atoms with Crippen molar-refractivity contribution in [3.63, 3.8) is 0 Å². The first-order valence-electron chi connectivity index (χ1n) is 8.93. The van der Waals surface area contributed by atoms with Crippen LogP contribution in [0.25, 0.3) is 0 Å².